The first-order valence-corrected chi connectivity index (χ1v) is 16.7. The predicted octanol–water partition coefficient (Wildman–Crippen LogP) is 9.78. The summed E-state index contributed by atoms with van der Waals surface area (Å²) in [5.41, 5.74) is -2.69. The number of benzene rings is 3. The number of hydrogen-bond donors (Lipinski definition) is 0. The van der Waals surface area contributed by atoms with E-state index in [1.807, 2.05) is 0 Å². The first kappa shape index (κ1) is 31.2. The van der Waals surface area contributed by atoms with E-state index in [1.54, 1.807) is 60.7 Å². The number of rotatable bonds is 14. The molecule has 0 fully saturated rings. The van der Waals surface area contributed by atoms with Gasteiger partial charge in [0, 0.05) is 14.7 Å². The van der Waals surface area contributed by atoms with Crippen molar-refractivity contribution < 1.29 is 25.2 Å². The van der Waals surface area contributed by atoms with Gasteiger partial charge in [-0.25, -0.2) is 0 Å². The van der Waals surface area contributed by atoms with E-state index < -0.39 is 25.9 Å². The van der Waals surface area contributed by atoms with Crippen molar-refractivity contribution in [1.29, 1.82) is 0 Å². The van der Waals surface area contributed by atoms with Gasteiger partial charge in [0.05, 0.1) is 0 Å². The summed E-state index contributed by atoms with van der Waals surface area (Å²) in [7, 11) is -9.30. The standard InChI is InChI=1S/C31H39F3O3S2/c1-4-7-16-25-23-26(17-8-5-2)30(27(24-25)18-9-6-3)38(28-19-12-10-13-20-28,29-21-14-11-15-22-29)37-39(35,36)31(32,33)34/h10-15,19-24H,4-9,16-18H2,1-3H3. The zero-order valence-corrected chi connectivity index (χ0v) is 24.6. The van der Waals surface area contributed by atoms with E-state index in [9.17, 15) is 21.6 Å². The molecule has 0 amide bonds. The fraction of sp³-hybridized carbons (Fsp3) is 0.419. The summed E-state index contributed by atoms with van der Waals surface area (Å²) < 4.78 is 73.5. The van der Waals surface area contributed by atoms with Crippen LogP contribution in [0, 0.1) is 0 Å². The lowest BCUT2D eigenvalue weighted by Gasteiger charge is -2.42. The van der Waals surface area contributed by atoms with Crippen LogP contribution < -0.4 is 0 Å². The van der Waals surface area contributed by atoms with Gasteiger partial charge in [0.2, 0.25) is 0 Å². The lowest BCUT2D eigenvalue weighted by molar-refractivity contribution is -0.0496. The van der Waals surface area contributed by atoms with Crippen molar-refractivity contribution in [3.63, 3.8) is 0 Å². The second-order valence-corrected chi connectivity index (χ2v) is 14.1. The summed E-state index contributed by atoms with van der Waals surface area (Å²) in [4.78, 5) is 1.43. The lowest BCUT2D eigenvalue weighted by atomic mass is 9.96. The Hall–Kier alpha value is -2.29. The third-order valence-corrected chi connectivity index (χ3v) is 11.7. The summed E-state index contributed by atoms with van der Waals surface area (Å²) >= 11 is 0. The summed E-state index contributed by atoms with van der Waals surface area (Å²) in [6.07, 6.45) is 7.54. The van der Waals surface area contributed by atoms with E-state index in [-0.39, 0.29) is 0 Å². The minimum absolute atomic E-state index is 0.417. The largest absolute Gasteiger partial charge is 0.524 e. The van der Waals surface area contributed by atoms with Gasteiger partial charge >= 0.3 is 15.6 Å². The van der Waals surface area contributed by atoms with Gasteiger partial charge in [0.25, 0.3) is 0 Å². The highest BCUT2D eigenvalue weighted by Crippen LogP contribution is 2.72. The number of alkyl halides is 3. The van der Waals surface area contributed by atoms with Crippen molar-refractivity contribution >= 4 is 20.4 Å². The Kier molecular flexibility index (Phi) is 11.1. The summed E-state index contributed by atoms with van der Waals surface area (Å²) in [5, 5.41) is 0. The monoisotopic (exact) mass is 580 g/mol. The molecule has 39 heavy (non-hydrogen) atoms. The van der Waals surface area contributed by atoms with E-state index in [0.29, 0.717) is 27.5 Å². The van der Waals surface area contributed by atoms with Crippen LogP contribution in [0.5, 0.6) is 0 Å². The molecule has 0 aliphatic rings. The molecule has 0 aromatic heterocycles. The molecule has 3 aromatic rings. The van der Waals surface area contributed by atoms with Crippen molar-refractivity contribution in [1.82, 2.24) is 0 Å². The molecular formula is C31H39F3O3S2. The summed E-state index contributed by atoms with van der Waals surface area (Å²) in [5.74, 6) is 0. The Morgan fingerprint density at radius 1 is 0.667 bits per heavy atom. The van der Waals surface area contributed by atoms with Crippen molar-refractivity contribution in [2.45, 2.75) is 98.8 Å². The molecule has 0 heterocycles. The van der Waals surface area contributed by atoms with Crippen molar-refractivity contribution in [2.24, 2.45) is 0 Å². The van der Waals surface area contributed by atoms with Gasteiger partial charge in [-0.15, -0.1) is 0 Å². The molecule has 214 valence electrons. The molecule has 3 nitrogen and oxygen atoms in total. The Bertz CT molecular complexity index is 1220. The molecule has 0 unspecified atom stereocenters. The second kappa shape index (κ2) is 13.9. The van der Waals surface area contributed by atoms with Crippen molar-refractivity contribution in [3.8, 4) is 0 Å². The van der Waals surface area contributed by atoms with Crippen LogP contribution in [0.4, 0.5) is 13.2 Å². The maximum Gasteiger partial charge on any atom is 0.524 e. The van der Waals surface area contributed by atoms with E-state index >= 15 is 0 Å². The van der Waals surface area contributed by atoms with Gasteiger partial charge < -0.3 is 0 Å². The van der Waals surface area contributed by atoms with Crippen LogP contribution in [0.25, 0.3) is 0 Å². The molecule has 0 saturated carbocycles. The van der Waals surface area contributed by atoms with Crippen LogP contribution in [0.15, 0.2) is 87.5 Å². The third kappa shape index (κ3) is 7.27. The van der Waals surface area contributed by atoms with Crippen LogP contribution in [-0.4, -0.2) is 13.9 Å². The zero-order valence-electron chi connectivity index (χ0n) is 23.0. The highest BCUT2D eigenvalue weighted by Gasteiger charge is 2.53. The fourth-order valence-corrected chi connectivity index (χ4v) is 9.88. The molecule has 0 N–H and O–H groups in total. The Balaban J connectivity index is 2.52. The molecule has 0 bridgehead atoms. The molecule has 0 aliphatic heterocycles. The molecule has 3 rings (SSSR count). The maximum atomic E-state index is 14.0. The number of halogens is 3. The molecule has 0 spiro atoms. The fourth-order valence-electron chi connectivity index (χ4n) is 4.71. The van der Waals surface area contributed by atoms with Gasteiger partial charge in [-0.05, 0) is 89.8 Å². The third-order valence-electron chi connectivity index (χ3n) is 6.63. The molecule has 0 atom stereocenters. The van der Waals surface area contributed by atoms with Crippen LogP contribution in [0.1, 0.15) is 76.0 Å². The van der Waals surface area contributed by atoms with Crippen molar-refractivity contribution in [2.75, 3.05) is 0 Å². The number of aryl methyl sites for hydroxylation is 3. The van der Waals surface area contributed by atoms with Crippen LogP contribution in [-0.2, 0) is 33.0 Å². The van der Waals surface area contributed by atoms with E-state index in [0.717, 1.165) is 61.6 Å². The van der Waals surface area contributed by atoms with Gasteiger partial charge in [-0.3, -0.25) is 0 Å². The number of unbranched alkanes of at least 4 members (excludes halogenated alkanes) is 3. The average molecular weight is 581 g/mol. The van der Waals surface area contributed by atoms with Gasteiger partial charge in [-0.2, -0.15) is 25.2 Å². The van der Waals surface area contributed by atoms with Crippen LogP contribution >= 0.6 is 10.3 Å². The maximum absolute atomic E-state index is 14.0. The second-order valence-electron chi connectivity index (χ2n) is 9.70. The first-order chi connectivity index (χ1) is 18.6. The van der Waals surface area contributed by atoms with E-state index in [2.05, 4.69) is 32.9 Å². The summed E-state index contributed by atoms with van der Waals surface area (Å²) in [6.45, 7) is 6.26. The SMILES string of the molecule is CCCCc1cc(CCCC)c(S(OS(=O)(=O)C(F)(F)F)(c2ccccc2)c2ccccc2)c(CCCC)c1. The van der Waals surface area contributed by atoms with Gasteiger partial charge in [0.15, 0.2) is 0 Å². The quantitative estimate of drug-likeness (QED) is 0.178. The van der Waals surface area contributed by atoms with Crippen LogP contribution in [0.2, 0.25) is 0 Å². The summed E-state index contributed by atoms with van der Waals surface area (Å²) in [6, 6.07) is 21.3. The Morgan fingerprint density at radius 2 is 1.08 bits per heavy atom. The molecule has 8 heteroatoms. The molecular weight excluding hydrogens is 541 g/mol. The minimum Gasteiger partial charge on any atom is -0.200 e. The smallest absolute Gasteiger partial charge is 0.200 e. The predicted molar refractivity (Wildman–Crippen MR) is 154 cm³/mol. The number of hydrogen-bond acceptors (Lipinski definition) is 3. The Labute approximate surface area is 233 Å². The van der Waals surface area contributed by atoms with E-state index in [1.165, 1.54) is 0 Å². The lowest BCUT2D eigenvalue weighted by Crippen LogP contribution is -2.28. The highest BCUT2D eigenvalue weighted by atomic mass is 32.3. The highest BCUT2D eigenvalue weighted by molar-refractivity contribution is 8.33. The van der Waals surface area contributed by atoms with E-state index in [4.69, 9.17) is 3.63 Å². The average Bonchev–Trinajstić information content (AvgIpc) is 2.93. The minimum atomic E-state index is -5.96. The van der Waals surface area contributed by atoms with Gasteiger partial charge in [-0.1, -0.05) is 88.6 Å². The molecule has 3 aromatic carbocycles. The van der Waals surface area contributed by atoms with Crippen LogP contribution in [0.3, 0.4) is 0 Å². The normalized spacial score (nSPS) is 13.0. The molecule has 0 aliphatic carbocycles. The zero-order chi connectivity index (χ0) is 28.5. The Morgan fingerprint density at radius 3 is 1.46 bits per heavy atom. The van der Waals surface area contributed by atoms with Gasteiger partial charge in [0.1, 0.15) is 0 Å². The topological polar surface area (TPSA) is 43.4 Å². The molecule has 0 saturated heterocycles. The molecule has 0 radical (unpaired) electrons. The first-order valence-electron chi connectivity index (χ1n) is 13.7. The van der Waals surface area contributed by atoms with Crippen molar-refractivity contribution in [3.05, 3.63) is 89.5 Å².